The molecule has 0 bridgehead atoms. The Morgan fingerprint density at radius 2 is 1.93 bits per heavy atom. The number of carbonyl (C=O) groups excluding carboxylic acids is 3. The van der Waals surface area contributed by atoms with Gasteiger partial charge in [-0.25, -0.2) is 0 Å². The topological polar surface area (TPSA) is 87.7 Å². The standard InChI is InChI=1S/C21H25N3O4S/c1-12-11-15(20(27)28-12)9-10-17(25)22-21(29)23-18-13(2)14(3)24(19(18)26)16-7-5-4-6-8-16/h4-8,12,14-15H,9-11H2,1-3H3,(H2,22,23,25,29)/t12-,14+,15+/m0/s1. The summed E-state index contributed by atoms with van der Waals surface area (Å²) in [6.07, 6.45) is 1.10. The van der Waals surface area contributed by atoms with Crippen LogP contribution in [-0.4, -0.2) is 35.0 Å². The van der Waals surface area contributed by atoms with Gasteiger partial charge in [0, 0.05) is 12.1 Å². The molecular weight excluding hydrogens is 390 g/mol. The molecule has 7 nitrogen and oxygen atoms in total. The van der Waals surface area contributed by atoms with Crippen molar-refractivity contribution in [2.45, 2.75) is 52.2 Å². The first-order valence-electron chi connectivity index (χ1n) is 9.68. The predicted molar refractivity (Wildman–Crippen MR) is 113 cm³/mol. The molecule has 2 heterocycles. The van der Waals surface area contributed by atoms with Crippen molar-refractivity contribution in [1.82, 2.24) is 10.6 Å². The van der Waals surface area contributed by atoms with E-state index in [4.69, 9.17) is 17.0 Å². The van der Waals surface area contributed by atoms with Gasteiger partial charge in [-0.3, -0.25) is 14.4 Å². The monoisotopic (exact) mass is 415 g/mol. The van der Waals surface area contributed by atoms with Crippen LogP contribution in [0.1, 0.15) is 40.0 Å². The van der Waals surface area contributed by atoms with Gasteiger partial charge in [-0.1, -0.05) is 18.2 Å². The molecule has 1 aromatic rings. The Kier molecular flexibility index (Phi) is 6.32. The zero-order valence-corrected chi connectivity index (χ0v) is 17.5. The summed E-state index contributed by atoms with van der Waals surface area (Å²) in [5, 5.41) is 5.54. The van der Waals surface area contributed by atoms with Gasteiger partial charge in [-0.05, 0) is 63.5 Å². The minimum atomic E-state index is -0.300. The van der Waals surface area contributed by atoms with Crippen LogP contribution in [0.5, 0.6) is 0 Å². The minimum Gasteiger partial charge on any atom is -0.462 e. The van der Waals surface area contributed by atoms with Gasteiger partial charge in [0.05, 0.1) is 18.1 Å². The third-order valence-electron chi connectivity index (χ3n) is 5.35. The summed E-state index contributed by atoms with van der Waals surface area (Å²) in [5.74, 6) is -0.996. The molecule has 0 unspecified atom stereocenters. The van der Waals surface area contributed by atoms with Crippen LogP contribution >= 0.6 is 12.2 Å². The smallest absolute Gasteiger partial charge is 0.309 e. The van der Waals surface area contributed by atoms with E-state index in [-0.39, 0.29) is 47.4 Å². The van der Waals surface area contributed by atoms with Gasteiger partial charge in [0.25, 0.3) is 5.91 Å². The Bertz CT molecular complexity index is 868. The molecule has 8 heteroatoms. The average Bonchev–Trinajstić information content (AvgIpc) is 3.11. The molecule has 2 N–H and O–H groups in total. The maximum Gasteiger partial charge on any atom is 0.309 e. The number of nitrogens with one attached hydrogen (secondary N) is 2. The first-order valence-corrected chi connectivity index (χ1v) is 10.1. The quantitative estimate of drug-likeness (QED) is 0.567. The van der Waals surface area contributed by atoms with Gasteiger partial charge >= 0.3 is 5.97 Å². The Morgan fingerprint density at radius 3 is 2.55 bits per heavy atom. The van der Waals surface area contributed by atoms with E-state index in [0.29, 0.717) is 18.5 Å². The molecule has 0 aromatic heterocycles. The third kappa shape index (κ3) is 4.64. The molecule has 29 heavy (non-hydrogen) atoms. The van der Waals surface area contributed by atoms with Gasteiger partial charge in [-0.15, -0.1) is 0 Å². The van der Waals surface area contributed by atoms with E-state index in [1.807, 2.05) is 51.1 Å². The number of para-hydroxylation sites is 1. The van der Waals surface area contributed by atoms with Crippen LogP contribution in [-0.2, 0) is 19.1 Å². The first kappa shape index (κ1) is 21.0. The highest BCUT2D eigenvalue weighted by Crippen LogP contribution is 2.29. The van der Waals surface area contributed by atoms with E-state index < -0.39 is 0 Å². The summed E-state index contributed by atoms with van der Waals surface area (Å²) in [6, 6.07) is 9.27. The van der Waals surface area contributed by atoms with E-state index in [0.717, 1.165) is 11.3 Å². The summed E-state index contributed by atoms with van der Waals surface area (Å²) in [6.45, 7) is 5.65. The minimum absolute atomic E-state index is 0.0715. The fourth-order valence-corrected chi connectivity index (χ4v) is 3.88. The highest BCUT2D eigenvalue weighted by Gasteiger charge is 2.36. The molecule has 154 valence electrons. The lowest BCUT2D eigenvalue weighted by atomic mass is 9.99. The molecule has 3 rings (SSSR count). The first-order chi connectivity index (χ1) is 13.8. The third-order valence-corrected chi connectivity index (χ3v) is 5.56. The van der Waals surface area contributed by atoms with Crippen LogP contribution in [0.25, 0.3) is 0 Å². The van der Waals surface area contributed by atoms with Crippen LogP contribution in [0, 0.1) is 5.92 Å². The van der Waals surface area contributed by atoms with E-state index in [9.17, 15) is 14.4 Å². The molecule has 2 amide bonds. The van der Waals surface area contributed by atoms with Crippen molar-refractivity contribution in [3.8, 4) is 0 Å². The number of hydrogen-bond donors (Lipinski definition) is 2. The van der Waals surface area contributed by atoms with Crippen molar-refractivity contribution >= 4 is 40.8 Å². The molecular formula is C21H25N3O4S. The van der Waals surface area contributed by atoms with E-state index in [1.165, 1.54) is 0 Å². The van der Waals surface area contributed by atoms with E-state index >= 15 is 0 Å². The fourth-order valence-electron chi connectivity index (χ4n) is 3.66. The number of benzene rings is 1. The van der Waals surface area contributed by atoms with E-state index in [2.05, 4.69) is 10.6 Å². The Labute approximate surface area is 175 Å². The molecule has 1 saturated heterocycles. The van der Waals surface area contributed by atoms with Crippen LogP contribution in [0.2, 0.25) is 0 Å². The second-order valence-corrected chi connectivity index (χ2v) is 7.87. The SMILES string of the molecule is CC1=C(NC(=S)NC(=O)CC[C@@H]2C[C@H](C)OC2=O)C(=O)N(c2ccccc2)[C@@H]1C. The Morgan fingerprint density at radius 1 is 1.24 bits per heavy atom. The van der Waals surface area contributed by atoms with Crippen molar-refractivity contribution in [2.24, 2.45) is 5.92 Å². The lowest BCUT2D eigenvalue weighted by Crippen LogP contribution is -2.42. The molecule has 3 atom stereocenters. The van der Waals surface area contributed by atoms with Gasteiger partial charge in [0.15, 0.2) is 5.11 Å². The number of cyclic esters (lactones) is 1. The summed E-state index contributed by atoms with van der Waals surface area (Å²) in [4.78, 5) is 38.4. The number of carbonyl (C=O) groups is 3. The van der Waals surface area contributed by atoms with Crippen molar-refractivity contribution in [1.29, 1.82) is 0 Å². The second-order valence-electron chi connectivity index (χ2n) is 7.47. The highest BCUT2D eigenvalue weighted by atomic mass is 32.1. The van der Waals surface area contributed by atoms with Gasteiger partial charge < -0.3 is 20.3 Å². The maximum atomic E-state index is 12.9. The normalized spacial score (nSPS) is 24.0. The maximum absolute atomic E-state index is 12.9. The molecule has 0 aliphatic carbocycles. The summed E-state index contributed by atoms with van der Waals surface area (Å²) >= 11 is 5.22. The van der Waals surface area contributed by atoms with Crippen LogP contribution in [0.3, 0.4) is 0 Å². The van der Waals surface area contributed by atoms with E-state index in [1.54, 1.807) is 4.90 Å². The largest absolute Gasteiger partial charge is 0.462 e. The zero-order chi connectivity index (χ0) is 21.1. The number of anilines is 1. The molecule has 0 spiro atoms. The summed E-state index contributed by atoms with van der Waals surface area (Å²) in [7, 11) is 0. The Balaban J connectivity index is 1.55. The number of rotatable bonds is 5. The average molecular weight is 416 g/mol. The van der Waals surface area contributed by atoms with Crippen molar-refractivity contribution < 1.29 is 19.1 Å². The molecule has 0 saturated carbocycles. The highest BCUT2D eigenvalue weighted by molar-refractivity contribution is 7.80. The molecule has 0 radical (unpaired) electrons. The van der Waals surface area contributed by atoms with Crippen molar-refractivity contribution in [3.63, 3.8) is 0 Å². The van der Waals surface area contributed by atoms with Crippen molar-refractivity contribution in [2.75, 3.05) is 4.90 Å². The fraction of sp³-hybridized carbons (Fsp3) is 0.429. The number of hydrogen-bond acceptors (Lipinski definition) is 5. The van der Waals surface area contributed by atoms with Gasteiger partial charge in [0.2, 0.25) is 5.91 Å². The second kappa shape index (κ2) is 8.73. The summed E-state index contributed by atoms with van der Waals surface area (Å²) < 4.78 is 5.10. The van der Waals surface area contributed by atoms with Crippen LogP contribution < -0.4 is 15.5 Å². The van der Waals surface area contributed by atoms with Crippen molar-refractivity contribution in [3.05, 3.63) is 41.6 Å². The number of thiocarbonyl (C=S) groups is 1. The number of ether oxygens (including phenoxy) is 1. The zero-order valence-electron chi connectivity index (χ0n) is 16.7. The molecule has 1 fully saturated rings. The van der Waals surface area contributed by atoms with Crippen LogP contribution in [0.15, 0.2) is 41.6 Å². The van der Waals surface area contributed by atoms with Gasteiger partial charge in [-0.2, -0.15) is 0 Å². The predicted octanol–water partition coefficient (Wildman–Crippen LogP) is 2.42. The van der Waals surface area contributed by atoms with Gasteiger partial charge in [0.1, 0.15) is 5.70 Å². The van der Waals surface area contributed by atoms with Crippen LogP contribution in [0.4, 0.5) is 5.69 Å². The lowest BCUT2D eigenvalue weighted by Gasteiger charge is -2.23. The Hall–Kier alpha value is -2.74. The molecule has 2 aliphatic rings. The molecule has 2 aliphatic heterocycles. The number of nitrogens with zero attached hydrogens (tertiary/aromatic N) is 1. The number of amides is 2. The summed E-state index contributed by atoms with van der Waals surface area (Å²) in [5.41, 5.74) is 2.02. The molecule has 1 aromatic carbocycles. The lowest BCUT2D eigenvalue weighted by molar-refractivity contribution is -0.144. The number of esters is 1.